The summed E-state index contributed by atoms with van der Waals surface area (Å²) in [6, 6.07) is 5.36. The van der Waals surface area contributed by atoms with Gasteiger partial charge in [-0.25, -0.2) is 4.39 Å². The molecule has 2 aliphatic rings. The molecule has 0 aliphatic carbocycles. The molecular formula is C25H28F3N5O2. The van der Waals surface area contributed by atoms with Crippen LogP contribution in [0.5, 0.6) is 0 Å². The van der Waals surface area contributed by atoms with Crippen LogP contribution in [0.25, 0.3) is 10.9 Å². The molecule has 10 heteroatoms. The molecule has 2 aliphatic heterocycles. The standard InChI is InChI=1S/C25H28F3N5O2/c1-13(18-6-5-7-20(21(18)26)25(27,28)24(3,4)34)30-23-19-9-15(10-29-22(19)14(2)31-32-23)33-11-17-8-16(33)12-35-17/h5-7,9-10,13,16-17,34H,8,11-12H2,1-4H3,(H,30,32)/t13-,16?,17?/m1/s1. The highest BCUT2D eigenvalue weighted by Crippen LogP contribution is 2.41. The second-order valence-corrected chi connectivity index (χ2v) is 9.93. The number of nitrogens with zero attached hydrogens (tertiary/aromatic N) is 4. The van der Waals surface area contributed by atoms with Gasteiger partial charge in [0.15, 0.2) is 5.82 Å². The Morgan fingerprint density at radius 3 is 2.69 bits per heavy atom. The second kappa shape index (κ2) is 8.30. The third-order valence-corrected chi connectivity index (χ3v) is 6.96. The summed E-state index contributed by atoms with van der Waals surface area (Å²) in [7, 11) is 0. The summed E-state index contributed by atoms with van der Waals surface area (Å²) in [5.74, 6) is -4.47. The molecule has 2 unspecified atom stereocenters. The van der Waals surface area contributed by atoms with Gasteiger partial charge in [0, 0.05) is 17.5 Å². The predicted molar refractivity (Wildman–Crippen MR) is 126 cm³/mol. The van der Waals surface area contributed by atoms with Crippen molar-refractivity contribution in [1.82, 2.24) is 15.2 Å². The van der Waals surface area contributed by atoms with E-state index in [9.17, 15) is 13.9 Å². The fourth-order valence-electron chi connectivity index (χ4n) is 4.87. The molecule has 3 aromatic rings. The Kier molecular flexibility index (Phi) is 5.63. The Balaban J connectivity index is 1.49. The van der Waals surface area contributed by atoms with Crippen LogP contribution in [0.4, 0.5) is 24.7 Å². The van der Waals surface area contributed by atoms with E-state index in [1.807, 2.05) is 19.2 Å². The number of benzene rings is 1. The molecule has 2 aromatic heterocycles. The van der Waals surface area contributed by atoms with Gasteiger partial charge in [0.25, 0.3) is 0 Å². The van der Waals surface area contributed by atoms with Crippen molar-refractivity contribution in [3.05, 3.63) is 53.1 Å². The number of aliphatic hydroxyl groups is 1. The molecule has 0 amide bonds. The maximum Gasteiger partial charge on any atom is 0.303 e. The molecule has 1 aromatic carbocycles. The SMILES string of the molecule is Cc1nnc(N[C@H](C)c2cccc(C(F)(F)C(C)(C)O)c2F)c2cc(N3CC4CC3CO4)cnc12. The maximum absolute atomic E-state index is 15.3. The predicted octanol–water partition coefficient (Wildman–Crippen LogP) is 4.49. The molecule has 2 fully saturated rings. The van der Waals surface area contributed by atoms with Gasteiger partial charge < -0.3 is 20.1 Å². The Labute approximate surface area is 201 Å². The average Bonchev–Trinajstić information content (AvgIpc) is 3.44. The van der Waals surface area contributed by atoms with Gasteiger partial charge in [0.1, 0.15) is 11.4 Å². The molecule has 3 atom stereocenters. The van der Waals surface area contributed by atoms with E-state index < -0.39 is 28.9 Å². The van der Waals surface area contributed by atoms with E-state index in [0.717, 1.165) is 38.6 Å². The molecule has 2 bridgehead atoms. The van der Waals surface area contributed by atoms with Crippen LogP contribution in [-0.2, 0) is 10.7 Å². The smallest absolute Gasteiger partial charge is 0.303 e. The van der Waals surface area contributed by atoms with Crippen molar-refractivity contribution in [1.29, 1.82) is 0 Å². The monoisotopic (exact) mass is 487 g/mol. The first-order valence-corrected chi connectivity index (χ1v) is 11.6. The number of nitrogens with one attached hydrogen (secondary N) is 1. The largest absolute Gasteiger partial charge is 0.384 e. The van der Waals surface area contributed by atoms with Crippen LogP contribution in [0.15, 0.2) is 30.5 Å². The van der Waals surface area contributed by atoms with Gasteiger partial charge in [0.2, 0.25) is 0 Å². The van der Waals surface area contributed by atoms with Gasteiger partial charge in [-0.1, -0.05) is 12.1 Å². The summed E-state index contributed by atoms with van der Waals surface area (Å²) in [6.07, 6.45) is 3.02. The summed E-state index contributed by atoms with van der Waals surface area (Å²) >= 11 is 0. The average molecular weight is 488 g/mol. The molecule has 4 heterocycles. The molecule has 2 saturated heterocycles. The molecular weight excluding hydrogens is 459 g/mol. The maximum atomic E-state index is 15.3. The zero-order chi connectivity index (χ0) is 25.1. The van der Waals surface area contributed by atoms with Gasteiger partial charge in [-0.2, -0.15) is 13.9 Å². The molecule has 0 radical (unpaired) electrons. The van der Waals surface area contributed by atoms with E-state index in [4.69, 9.17) is 4.74 Å². The van der Waals surface area contributed by atoms with Crippen molar-refractivity contribution in [2.75, 3.05) is 23.4 Å². The molecule has 186 valence electrons. The van der Waals surface area contributed by atoms with Gasteiger partial charge in [-0.05, 0) is 46.2 Å². The highest BCUT2D eigenvalue weighted by atomic mass is 19.3. The third-order valence-electron chi connectivity index (χ3n) is 6.96. The highest BCUT2D eigenvalue weighted by molar-refractivity contribution is 5.92. The van der Waals surface area contributed by atoms with Crippen LogP contribution in [-0.4, -0.2) is 51.2 Å². The first kappa shape index (κ1) is 23.7. The Hall–Kier alpha value is -2.98. The fraction of sp³-hybridized carbons (Fsp3) is 0.480. The molecule has 35 heavy (non-hydrogen) atoms. The minimum absolute atomic E-state index is 0.0278. The number of hydrogen-bond acceptors (Lipinski definition) is 7. The van der Waals surface area contributed by atoms with Crippen molar-refractivity contribution in [3.8, 4) is 0 Å². The van der Waals surface area contributed by atoms with E-state index >= 15 is 4.39 Å². The highest BCUT2D eigenvalue weighted by Gasteiger charge is 2.49. The summed E-state index contributed by atoms with van der Waals surface area (Å²) < 4.78 is 50.5. The van der Waals surface area contributed by atoms with Crippen LogP contribution in [0, 0.1) is 12.7 Å². The normalized spacial score (nSPS) is 21.1. The van der Waals surface area contributed by atoms with E-state index in [1.54, 1.807) is 6.92 Å². The summed E-state index contributed by atoms with van der Waals surface area (Å²) in [4.78, 5) is 6.88. The van der Waals surface area contributed by atoms with Crippen molar-refractivity contribution < 1.29 is 23.0 Å². The number of halogens is 3. The minimum Gasteiger partial charge on any atom is -0.384 e. The number of ether oxygens (including phenoxy) is 1. The number of rotatable bonds is 6. The lowest BCUT2D eigenvalue weighted by Crippen LogP contribution is -2.41. The van der Waals surface area contributed by atoms with Crippen molar-refractivity contribution in [3.63, 3.8) is 0 Å². The van der Waals surface area contributed by atoms with Gasteiger partial charge in [-0.3, -0.25) is 4.98 Å². The molecule has 0 spiro atoms. The van der Waals surface area contributed by atoms with Crippen LogP contribution in [0.1, 0.15) is 50.1 Å². The Morgan fingerprint density at radius 2 is 2.03 bits per heavy atom. The number of morpholine rings is 1. The van der Waals surface area contributed by atoms with Crippen molar-refractivity contribution in [2.45, 2.75) is 63.8 Å². The zero-order valence-electron chi connectivity index (χ0n) is 20.0. The lowest BCUT2D eigenvalue weighted by molar-refractivity contribution is -0.170. The minimum atomic E-state index is -3.78. The quantitative estimate of drug-likeness (QED) is 0.530. The van der Waals surface area contributed by atoms with Crippen LogP contribution >= 0.6 is 0 Å². The molecule has 2 N–H and O–H groups in total. The topological polar surface area (TPSA) is 83.4 Å². The Bertz CT molecular complexity index is 1280. The number of hydrogen-bond donors (Lipinski definition) is 2. The Morgan fingerprint density at radius 1 is 1.26 bits per heavy atom. The molecule has 7 nitrogen and oxygen atoms in total. The third kappa shape index (κ3) is 3.98. The molecule has 0 saturated carbocycles. The zero-order valence-corrected chi connectivity index (χ0v) is 20.0. The summed E-state index contributed by atoms with van der Waals surface area (Å²) in [5, 5.41) is 22.2. The van der Waals surface area contributed by atoms with Crippen molar-refractivity contribution >= 4 is 22.4 Å². The number of fused-ring (bicyclic) bond motifs is 3. The lowest BCUT2D eigenvalue weighted by Gasteiger charge is -2.30. The van der Waals surface area contributed by atoms with Crippen molar-refractivity contribution in [2.24, 2.45) is 0 Å². The van der Waals surface area contributed by atoms with Crippen LogP contribution in [0.3, 0.4) is 0 Å². The summed E-state index contributed by atoms with van der Waals surface area (Å²) in [5.41, 5.74) is -1.01. The number of aryl methyl sites for hydroxylation is 1. The first-order valence-electron chi connectivity index (χ1n) is 11.6. The van der Waals surface area contributed by atoms with E-state index in [1.165, 1.54) is 12.1 Å². The van der Waals surface area contributed by atoms with Crippen LogP contribution in [0.2, 0.25) is 0 Å². The van der Waals surface area contributed by atoms with E-state index in [-0.39, 0.29) is 11.7 Å². The fourth-order valence-corrected chi connectivity index (χ4v) is 4.87. The second-order valence-electron chi connectivity index (χ2n) is 9.93. The molecule has 5 rings (SSSR count). The first-order chi connectivity index (χ1) is 16.5. The van der Waals surface area contributed by atoms with Gasteiger partial charge >= 0.3 is 5.92 Å². The summed E-state index contributed by atoms with van der Waals surface area (Å²) in [6.45, 7) is 6.86. The number of pyridine rings is 1. The van der Waals surface area contributed by atoms with Gasteiger partial charge in [-0.15, -0.1) is 5.10 Å². The van der Waals surface area contributed by atoms with E-state index in [0.29, 0.717) is 35.1 Å². The number of aromatic nitrogens is 3. The van der Waals surface area contributed by atoms with E-state index in [2.05, 4.69) is 25.4 Å². The number of anilines is 2. The van der Waals surface area contributed by atoms with Gasteiger partial charge in [0.05, 0.1) is 53.5 Å². The van der Waals surface area contributed by atoms with Crippen LogP contribution < -0.4 is 10.2 Å². The lowest BCUT2D eigenvalue weighted by atomic mass is 9.91. The number of alkyl halides is 2.